The minimum atomic E-state index is 0. The summed E-state index contributed by atoms with van der Waals surface area (Å²) >= 11 is 0. The van der Waals surface area contributed by atoms with Crippen molar-refractivity contribution in [3.05, 3.63) is 35.9 Å². The summed E-state index contributed by atoms with van der Waals surface area (Å²) in [4.78, 5) is 7.14. The van der Waals surface area contributed by atoms with E-state index in [0.717, 1.165) is 32.1 Å². The fourth-order valence-electron chi connectivity index (χ4n) is 2.47. The zero-order valence-electron chi connectivity index (χ0n) is 12.7. The van der Waals surface area contributed by atoms with E-state index in [1.54, 1.807) is 0 Å². The van der Waals surface area contributed by atoms with Gasteiger partial charge in [-0.3, -0.25) is 0 Å². The summed E-state index contributed by atoms with van der Waals surface area (Å²) in [7, 11) is 0. The third-order valence-electron chi connectivity index (χ3n) is 3.57. The van der Waals surface area contributed by atoms with Crippen LogP contribution in [0.3, 0.4) is 0 Å². The van der Waals surface area contributed by atoms with E-state index in [9.17, 15) is 0 Å². The summed E-state index contributed by atoms with van der Waals surface area (Å²) in [6, 6.07) is 10.4. The van der Waals surface area contributed by atoms with E-state index in [1.165, 1.54) is 12.0 Å². The van der Waals surface area contributed by atoms with E-state index < -0.39 is 0 Å². The minimum Gasteiger partial charge on any atom is -0.357 e. The van der Waals surface area contributed by atoms with Crippen molar-refractivity contribution in [2.24, 2.45) is 10.4 Å². The third kappa shape index (κ3) is 4.96. The lowest BCUT2D eigenvalue weighted by Gasteiger charge is -2.23. The Morgan fingerprint density at radius 1 is 1.30 bits per heavy atom. The van der Waals surface area contributed by atoms with E-state index in [-0.39, 0.29) is 24.0 Å². The van der Waals surface area contributed by atoms with E-state index in [0.29, 0.717) is 5.41 Å². The molecule has 0 saturated carbocycles. The molecule has 0 aromatic heterocycles. The van der Waals surface area contributed by atoms with Gasteiger partial charge in [0.1, 0.15) is 0 Å². The number of hydrogen-bond donors (Lipinski definition) is 1. The molecule has 20 heavy (non-hydrogen) atoms. The molecular weight excluding hydrogens is 361 g/mol. The van der Waals surface area contributed by atoms with Crippen LogP contribution in [0, 0.1) is 5.41 Å². The lowest BCUT2D eigenvalue weighted by Crippen LogP contribution is -2.40. The normalized spacial score (nSPS) is 17.8. The standard InChI is InChI=1S/C16H25N3.HI/c1-4-17-15(19-11-10-16(2,3)13-19)18-12-14-8-6-5-7-9-14;/h5-9H,4,10-13H2,1-3H3,(H,17,18);1H. The number of nitrogens with one attached hydrogen (secondary N) is 1. The summed E-state index contributed by atoms with van der Waals surface area (Å²) in [5, 5.41) is 3.41. The summed E-state index contributed by atoms with van der Waals surface area (Å²) < 4.78 is 0. The molecule has 2 rings (SSSR count). The van der Waals surface area contributed by atoms with Gasteiger partial charge in [0.2, 0.25) is 0 Å². The molecule has 0 amide bonds. The van der Waals surface area contributed by atoms with Crippen LogP contribution < -0.4 is 5.32 Å². The zero-order valence-corrected chi connectivity index (χ0v) is 15.1. The van der Waals surface area contributed by atoms with Gasteiger partial charge < -0.3 is 10.2 Å². The quantitative estimate of drug-likeness (QED) is 0.489. The minimum absolute atomic E-state index is 0. The molecule has 0 bridgehead atoms. The molecule has 0 atom stereocenters. The van der Waals surface area contributed by atoms with Gasteiger partial charge in [-0.05, 0) is 24.3 Å². The Kier molecular flexibility index (Phi) is 6.79. The average Bonchev–Trinajstić information content (AvgIpc) is 2.76. The van der Waals surface area contributed by atoms with Crippen molar-refractivity contribution in [1.82, 2.24) is 10.2 Å². The number of likely N-dealkylation sites (tertiary alicyclic amines) is 1. The van der Waals surface area contributed by atoms with Crippen molar-refractivity contribution in [1.29, 1.82) is 0 Å². The molecule has 0 radical (unpaired) electrons. The summed E-state index contributed by atoms with van der Waals surface area (Å²) in [6.45, 7) is 10.6. The third-order valence-corrected chi connectivity index (χ3v) is 3.57. The molecular formula is C16H26IN3. The van der Waals surface area contributed by atoms with Crippen LogP contribution in [-0.4, -0.2) is 30.5 Å². The lowest BCUT2D eigenvalue weighted by molar-refractivity contribution is 0.370. The highest BCUT2D eigenvalue weighted by Crippen LogP contribution is 2.28. The summed E-state index contributed by atoms with van der Waals surface area (Å²) in [6.07, 6.45) is 1.24. The van der Waals surface area contributed by atoms with Crippen molar-refractivity contribution >= 4 is 29.9 Å². The van der Waals surface area contributed by atoms with Gasteiger partial charge >= 0.3 is 0 Å². The maximum Gasteiger partial charge on any atom is 0.194 e. The Labute approximate surface area is 139 Å². The van der Waals surface area contributed by atoms with Crippen LogP contribution in [0.5, 0.6) is 0 Å². The number of halogens is 1. The predicted molar refractivity (Wildman–Crippen MR) is 96.6 cm³/mol. The Hall–Kier alpha value is -0.780. The van der Waals surface area contributed by atoms with Crippen molar-refractivity contribution in [3.8, 4) is 0 Å². The Morgan fingerprint density at radius 2 is 2.00 bits per heavy atom. The van der Waals surface area contributed by atoms with Crippen LogP contribution in [0.4, 0.5) is 0 Å². The topological polar surface area (TPSA) is 27.6 Å². The van der Waals surface area contributed by atoms with Crippen LogP contribution in [-0.2, 0) is 6.54 Å². The highest BCUT2D eigenvalue weighted by molar-refractivity contribution is 14.0. The summed E-state index contributed by atoms with van der Waals surface area (Å²) in [5.41, 5.74) is 1.67. The first-order chi connectivity index (χ1) is 9.11. The second kappa shape index (κ2) is 7.86. The van der Waals surface area contributed by atoms with Gasteiger partial charge in [0.25, 0.3) is 0 Å². The van der Waals surface area contributed by atoms with Crippen LogP contribution in [0.1, 0.15) is 32.8 Å². The van der Waals surface area contributed by atoms with Crippen molar-refractivity contribution < 1.29 is 0 Å². The number of rotatable bonds is 3. The first kappa shape index (κ1) is 17.3. The molecule has 1 aliphatic heterocycles. The zero-order chi connectivity index (χ0) is 13.7. The molecule has 1 heterocycles. The smallest absolute Gasteiger partial charge is 0.194 e. The average molecular weight is 387 g/mol. The van der Waals surface area contributed by atoms with Gasteiger partial charge in [0.05, 0.1) is 6.54 Å². The number of nitrogens with zero attached hydrogens (tertiary/aromatic N) is 2. The van der Waals surface area contributed by atoms with E-state index in [2.05, 4.69) is 55.3 Å². The first-order valence-corrected chi connectivity index (χ1v) is 7.18. The van der Waals surface area contributed by atoms with Gasteiger partial charge in [0, 0.05) is 19.6 Å². The van der Waals surface area contributed by atoms with Gasteiger partial charge in [-0.1, -0.05) is 44.2 Å². The molecule has 1 aliphatic rings. The highest BCUT2D eigenvalue weighted by atomic mass is 127. The second-order valence-electron chi connectivity index (χ2n) is 5.99. The molecule has 3 nitrogen and oxygen atoms in total. The number of guanidine groups is 1. The van der Waals surface area contributed by atoms with Crippen molar-refractivity contribution in [2.45, 2.75) is 33.7 Å². The molecule has 1 N–H and O–H groups in total. The van der Waals surface area contributed by atoms with Gasteiger partial charge in [-0.15, -0.1) is 24.0 Å². The SMILES string of the molecule is CCNC(=NCc1ccccc1)N1CCC(C)(C)C1.I. The molecule has 0 unspecified atom stereocenters. The van der Waals surface area contributed by atoms with Crippen LogP contribution in [0.2, 0.25) is 0 Å². The summed E-state index contributed by atoms with van der Waals surface area (Å²) in [5.74, 6) is 1.05. The molecule has 1 aromatic carbocycles. The molecule has 4 heteroatoms. The van der Waals surface area contributed by atoms with Crippen LogP contribution in [0.25, 0.3) is 0 Å². The monoisotopic (exact) mass is 387 g/mol. The van der Waals surface area contributed by atoms with Crippen LogP contribution >= 0.6 is 24.0 Å². The lowest BCUT2D eigenvalue weighted by atomic mass is 9.93. The predicted octanol–water partition coefficient (Wildman–Crippen LogP) is 3.50. The molecule has 112 valence electrons. The van der Waals surface area contributed by atoms with Crippen molar-refractivity contribution in [3.63, 3.8) is 0 Å². The fourth-order valence-corrected chi connectivity index (χ4v) is 2.47. The van der Waals surface area contributed by atoms with E-state index in [4.69, 9.17) is 4.99 Å². The van der Waals surface area contributed by atoms with Gasteiger partial charge in [-0.2, -0.15) is 0 Å². The van der Waals surface area contributed by atoms with Crippen LogP contribution in [0.15, 0.2) is 35.3 Å². The van der Waals surface area contributed by atoms with E-state index >= 15 is 0 Å². The highest BCUT2D eigenvalue weighted by Gasteiger charge is 2.30. The molecule has 1 fully saturated rings. The maximum atomic E-state index is 4.76. The molecule has 1 saturated heterocycles. The maximum absolute atomic E-state index is 4.76. The first-order valence-electron chi connectivity index (χ1n) is 7.18. The Morgan fingerprint density at radius 3 is 2.55 bits per heavy atom. The molecule has 1 aromatic rings. The Bertz CT molecular complexity index is 429. The van der Waals surface area contributed by atoms with Gasteiger partial charge in [0.15, 0.2) is 5.96 Å². The van der Waals surface area contributed by atoms with E-state index in [1.807, 2.05) is 6.07 Å². The fraction of sp³-hybridized carbons (Fsp3) is 0.562. The molecule has 0 aliphatic carbocycles. The Balaban J connectivity index is 0.00000200. The second-order valence-corrected chi connectivity index (χ2v) is 5.99. The van der Waals surface area contributed by atoms with Crippen molar-refractivity contribution in [2.75, 3.05) is 19.6 Å². The number of hydrogen-bond acceptors (Lipinski definition) is 1. The number of benzene rings is 1. The largest absolute Gasteiger partial charge is 0.357 e. The van der Waals surface area contributed by atoms with Gasteiger partial charge in [-0.25, -0.2) is 4.99 Å². The molecule has 0 spiro atoms. The number of aliphatic imine (C=N–C) groups is 1.